The lowest BCUT2D eigenvalue weighted by Crippen LogP contribution is -1.88. The Hall–Kier alpha value is -2.47. The Labute approximate surface area is 99.5 Å². The van der Waals surface area contributed by atoms with Crippen LogP contribution >= 0.6 is 0 Å². The van der Waals surface area contributed by atoms with Gasteiger partial charge >= 0.3 is 0 Å². The molecule has 0 aromatic heterocycles. The number of phenolic OH excluding ortho intramolecular Hbond substituents is 1. The first kappa shape index (κ1) is 11.0. The second kappa shape index (κ2) is 4.58. The van der Waals surface area contributed by atoms with Crippen LogP contribution in [-0.2, 0) is 0 Å². The van der Waals surface area contributed by atoms with Crippen LogP contribution in [0.1, 0.15) is 5.56 Å². The molecule has 3 heteroatoms. The lowest BCUT2D eigenvalue weighted by molar-refractivity contribution is 0.415. The summed E-state index contributed by atoms with van der Waals surface area (Å²) >= 11 is 0. The van der Waals surface area contributed by atoms with E-state index >= 15 is 0 Å². The molecule has 84 valence electrons. The van der Waals surface area contributed by atoms with Crippen LogP contribution < -0.4 is 4.74 Å². The lowest BCUT2D eigenvalue weighted by atomic mass is 10.0. The Kier molecular flexibility index (Phi) is 2.97. The van der Waals surface area contributed by atoms with Crippen molar-refractivity contribution < 1.29 is 9.84 Å². The molecule has 2 aromatic rings. The van der Waals surface area contributed by atoms with E-state index in [4.69, 9.17) is 10.00 Å². The van der Waals surface area contributed by atoms with Crippen LogP contribution in [-0.4, -0.2) is 12.2 Å². The van der Waals surface area contributed by atoms with Gasteiger partial charge in [-0.3, -0.25) is 0 Å². The summed E-state index contributed by atoms with van der Waals surface area (Å²) in [5, 5.41) is 18.7. The van der Waals surface area contributed by atoms with Crippen LogP contribution in [0.15, 0.2) is 42.5 Å². The number of para-hydroxylation sites is 1. The highest BCUT2D eigenvalue weighted by molar-refractivity contribution is 5.76. The maximum Gasteiger partial charge on any atom is 0.126 e. The Bertz CT molecular complexity index is 585. The molecule has 0 fully saturated rings. The van der Waals surface area contributed by atoms with Crippen molar-refractivity contribution in [1.29, 1.82) is 5.26 Å². The smallest absolute Gasteiger partial charge is 0.126 e. The van der Waals surface area contributed by atoms with Gasteiger partial charge in [0.25, 0.3) is 0 Å². The van der Waals surface area contributed by atoms with E-state index in [9.17, 15) is 5.11 Å². The van der Waals surface area contributed by atoms with Crippen LogP contribution in [0.5, 0.6) is 11.5 Å². The second-order valence-electron chi connectivity index (χ2n) is 3.54. The number of nitrogens with zero attached hydrogens (tertiary/aromatic N) is 1. The standard InChI is InChI=1S/C14H11NO2/c1-17-14-5-3-2-4-11(14)12-8-10(9-15)6-7-13(12)16/h2-8,16H,1H3. The third-order valence-electron chi connectivity index (χ3n) is 2.52. The predicted octanol–water partition coefficient (Wildman–Crippen LogP) is 2.94. The maximum atomic E-state index is 9.84. The SMILES string of the molecule is COc1ccccc1-c1cc(C#N)ccc1O. The maximum absolute atomic E-state index is 9.84. The largest absolute Gasteiger partial charge is 0.507 e. The first-order chi connectivity index (χ1) is 8.26. The minimum absolute atomic E-state index is 0.133. The molecule has 0 spiro atoms. The molecule has 0 unspecified atom stereocenters. The normalized spacial score (nSPS) is 9.65. The third kappa shape index (κ3) is 2.06. The molecule has 0 saturated carbocycles. The molecule has 0 radical (unpaired) electrons. The van der Waals surface area contributed by atoms with Gasteiger partial charge in [0.15, 0.2) is 0 Å². The zero-order valence-electron chi connectivity index (χ0n) is 9.34. The van der Waals surface area contributed by atoms with Gasteiger partial charge in [-0.05, 0) is 24.3 Å². The lowest BCUT2D eigenvalue weighted by Gasteiger charge is -2.09. The van der Waals surface area contributed by atoms with Crippen LogP contribution in [0.4, 0.5) is 0 Å². The van der Waals surface area contributed by atoms with Crippen molar-refractivity contribution in [2.24, 2.45) is 0 Å². The zero-order chi connectivity index (χ0) is 12.3. The topological polar surface area (TPSA) is 53.2 Å². The summed E-state index contributed by atoms with van der Waals surface area (Å²) in [4.78, 5) is 0. The van der Waals surface area contributed by atoms with Gasteiger partial charge in [-0.1, -0.05) is 18.2 Å². The Morgan fingerprint density at radius 3 is 2.59 bits per heavy atom. The highest BCUT2D eigenvalue weighted by Gasteiger charge is 2.10. The number of aromatic hydroxyl groups is 1. The molecule has 2 rings (SSSR count). The number of phenols is 1. The van der Waals surface area contributed by atoms with E-state index in [0.717, 1.165) is 5.56 Å². The van der Waals surface area contributed by atoms with Gasteiger partial charge in [-0.25, -0.2) is 0 Å². The van der Waals surface area contributed by atoms with Crippen LogP contribution in [0.3, 0.4) is 0 Å². The molecule has 0 aliphatic carbocycles. The summed E-state index contributed by atoms with van der Waals surface area (Å²) in [6, 6.07) is 14.2. The number of nitriles is 1. The number of rotatable bonds is 2. The summed E-state index contributed by atoms with van der Waals surface area (Å²) in [6.07, 6.45) is 0. The molecule has 0 saturated heterocycles. The van der Waals surface area contributed by atoms with E-state index in [-0.39, 0.29) is 5.75 Å². The van der Waals surface area contributed by atoms with Crippen molar-refractivity contribution in [3.05, 3.63) is 48.0 Å². The Morgan fingerprint density at radius 2 is 1.88 bits per heavy atom. The fourth-order valence-corrected chi connectivity index (χ4v) is 1.69. The number of methoxy groups -OCH3 is 1. The van der Waals surface area contributed by atoms with Gasteiger partial charge < -0.3 is 9.84 Å². The first-order valence-corrected chi connectivity index (χ1v) is 5.12. The van der Waals surface area contributed by atoms with Gasteiger partial charge in [0.1, 0.15) is 11.5 Å². The second-order valence-corrected chi connectivity index (χ2v) is 3.54. The van der Waals surface area contributed by atoms with Crippen molar-refractivity contribution in [1.82, 2.24) is 0 Å². The number of hydrogen-bond acceptors (Lipinski definition) is 3. The molecule has 0 bridgehead atoms. The van der Waals surface area contributed by atoms with Gasteiger partial charge in [0.05, 0.1) is 18.7 Å². The van der Waals surface area contributed by atoms with Crippen molar-refractivity contribution in [3.8, 4) is 28.7 Å². The van der Waals surface area contributed by atoms with Gasteiger partial charge in [0, 0.05) is 11.1 Å². The fraction of sp³-hybridized carbons (Fsp3) is 0.0714. The fourth-order valence-electron chi connectivity index (χ4n) is 1.69. The molecule has 1 N–H and O–H groups in total. The summed E-state index contributed by atoms with van der Waals surface area (Å²) in [5.41, 5.74) is 1.87. The van der Waals surface area contributed by atoms with Gasteiger partial charge in [-0.15, -0.1) is 0 Å². The molecule has 0 aliphatic rings. The molecule has 0 heterocycles. The minimum atomic E-state index is 0.133. The summed E-state index contributed by atoms with van der Waals surface area (Å²) in [7, 11) is 1.57. The Balaban J connectivity index is 2.64. The number of hydrogen-bond donors (Lipinski definition) is 1. The van der Waals surface area contributed by atoms with E-state index in [1.165, 1.54) is 6.07 Å². The average Bonchev–Trinajstić information content (AvgIpc) is 2.39. The monoisotopic (exact) mass is 225 g/mol. The van der Waals surface area contributed by atoms with Crippen molar-refractivity contribution >= 4 is 0 Å². The quantitative estimate of drug-likeness (QED) is 0.854. The van der Waals surface area contributed by atoms with E-state index in [2.05, 4.69) is 0 Å². The molecule has 0 atom stereocenters. The number of benzene rings is 2. The molecule has 2 aromatic carbocycles. The van der Waals surface area contributed by atoms with E-state index in [1.54, 1.807) is 19.2 Å². The molecular formula is C14H11NO2. The molecular weight excluding hydrogens is 214 g/mol. The molecule has 0 aliphatic heterocycles. The van der Waals surface area contributed by atoms with E-state index in [1.807, 2.05) is 30.3 Å². The molecule has 0 amide bonds. The highest BCUT2D eigenvalue weighted by atomic mass is 16.5. The number of ether oxygens (including phenoxy) is 1. The zero-order valence-corrected chi connectivity index (χ0v) is 9.34. The van der Waals surface area contributed by atoms with E-state index < -0.39 is 0 Å². The van der Waals surface area contributed by atoms with Crippen molar-refractivity contribution in [3.63, 3.8) is 0 Å². The Morgan fingerprint density at radius 1 is 1.12 bits per heavy atom. The van der Waals surface area contributed by atoms with Crippen molar-refractivity contribution in [2.45, 2.75) is 0 Å². The summed E-state index contributed by atoms with van der Waals surface area (Å²) in [5.74, 6) is 0.798. The molecule has 3 nitrogen and oxygen atoms in total. The van der Waals surface area contributed by atoms with Crippen molar-refractivity contribution in [2.75, 3.05) is 7.11 Å². The third-order valence-corrected chi connectivity index (χ3v) is 2.52. The highest BCUT2D eigenvalue weighted by Crippen LogP contribution is 2.35. The van der Waals surface area contributed by atoms with Gasteiger partial charge in [-0.2, -0.15) is 5.26 Å². The summed E-state index contributed by atoms with van der Waals surface area (Å²) in [6.45, 7) is 0. The predicted molar refractivity (Wildman–Crippen MR) is 64.8 cm³/mol. The average molecular weight is 225 g/mol. The van der Waals surface area contributed by atoms with E-state index in [0.29, 0.717) is 16.9 Å². The first-order valence-electron chi connectivity index (χ1n) is 5.12. The minimum Gasteiger partial charge on any atom is -0.507 e. The van der Waals surface area contributed by atoms with Crippen LogP contribution in [0.25, 0.3) is 11.1 Å². The summed E-state index contributed by atoms with van der Waals surface area (Å²) < 4.78 is 5.23. The van der Waals surface area contributed by atoms with Crippen LogP contribution in [0.2, 0.25) is 0 Å². The molecule has 17 heavy (non-hydrogen) atoms. The van der Waals surface area contributed by atoms with Crippen LogP contribution in [0, 0.1) is 11.3 Å². The van der Waals surface area contributed by atoms with Gasteiger partial charge in [0.2, 0.25) is 0 Å².